The van der Waals surface area contributed by atoms with E-state index in [9.17, 15) is 0 Å². The molecule has 0 unspecified atom stereocenters. The Morgan fingerprint density at radius 1 is 0.633 bits per heavy atom. The summed E-state index contributed by atoms with van der Waals surface area (Å²) in [6, 6.07) is 42.0. The maximum absolute atomic E-state index is 4.54. The minimum atomic E-state index is -0.738. The lowest BCUT2D eigenvalue weighted by atomic mass is 9.77. The predicted octanol–water partition coefficient (Wildman–Crippen LogP) is 4.98. The van der Waals surface area contributed by atoms with Gasteiger partial charge < -0.3 is 0 Å². The Kier molecular flexibility index (Phi) is 4.66. The third-order valence-corrected chi connectivity index (χ3v) is 5.33. The monoisotopic (exact) mass is 387 g/mol. The molecule has 4 aromatic carbocycles. The number of hydrogen-bond donors (Lipinski definition) is 0. The summed E-state index contributed by atoms with van der Waals surface area (Å²) >= 11 is 0. The molecule has 5 aromatic rings. The lowest BCUT2D eigenvalue weighted by molar-refractivity contribution is 0.451. The van der Waals surface area contributed by atoms with Crippen LogP contribution in [0.2, 0.25) is 0 Å². The molecule has 0 aliphatic carbocycles. The van der Waals surface area contributed by atoms with Crippen molar-refractivity contribution >= 4 is 0 Å². The molecule has 1 heterocycles. The molecule has 0 saturated carbocycles. The number of rotatable bonds is 5. The zero-order valence-electron chi connectivity index (χ0n) is 16.3. The van der Waals surface area contributed by atoms with Gasteiger partial charge in [-0.2, -0.15) is 0 Å². The van der Waals surface area contributed by atoms with E-state index in [1.165, 1.54) is 0 Å². The predicted molar refractivity (Wildman–Crippen MR) is 117 cm³/mol. The van der Waals surface area contributed by atoms with E-state index in [0.717, 1.165) is 22.3 Å². The van der Waals surface area contributed by atoms with Crippen LogP contribution in [0.5, 0.6) is 0 Å². The fourth-order valence-electron chi connectivity index (χ4n) is 4.03. The van der Waals surface area contributed by atoms with Crippen LogP contribution in [0.25, 0.3) is 11.4 Å². The van der Waals surface area contributed by atoms with Gasteiger partial charge in [0.25, 0.3) is 0 Å². The summed E-state index contributed by atoms with van der Waals surface area (Å²) in [6.07, 6.45) is 0. The summed E-state index contributed by atoms with van der Waals surface area (Å²) in [4.78, 5) is 0. The molecule has 0 amide bonds. The highest BCUT2D eigenvalue weighted by molar-refractivity contribution is 5.59. The first-order chi connectivity index (χ1) is 14.9. The second-order valence-corrected chi connectivity index (χ2v) is 7.01. The number of nitrogens with zero attached hydrogens (tertiary/aromatic N) is 4. The topological polar surface area (TPSA) is 43.6 Å². The Balaban J connectivity index is 1.91. The highest BCUT2D eigenvalue weighted by atomic mass is 15.6. The van der Waals surface area contributed by atoms with Crippen molar-refractivity contribution in [2.45, 2.75) is 5.54 Å². The zero-order chi connectivity index (χ0) is 20.2. The molecular formula is C26H19N4. The number of aromatic nitrogens is 4. The second-order valence-electron chi connectivity index (χ2n) is 7.01. The largest absolute Gasteiger partial charge is 0.206 e. The molecular weight excluding hydrogens is 368 g/mol. The molecule has 5 rings (SSSR count). The number of benzene rings is 4. The van der Waals surface area contributed by atoms with E-state index in [4.69, 9.17) is 0 Å². The molecule has 0 atom stereocenters. The van der Waals surface area contributed by atoms with Crippen LogP contribution in [0.15, 0.2) is 115 Å². The average Bonchev–Trinajstić information content (AvgIpc) is 3.33. The standard InChI is InChI=1S/C26H19N4/c1-5-13-21(14-6-1)25-27-28-29-30(25)26(22-15-7-2-8-16-22,23-17-9-3-10-18-23)24-19-11-4-12-20-24/h1-5,7-20H. The quantitative estimate of drug-likeness (QED) is 0.400. The first-order valence-corrected chi connectivity index (χ1v) is 9.82. The maximum atomic E-state index is 4.54. The summed E-state index contributed by atoms with van der Waals surface area (Å²) < 4.78 is 1.93. The SMILES string of the molecule is [c]1cccc(-c2nnnn2C(c2ccccc2)(c2ccccc2)c2ccccc2)c1. The lowest BCUT2D eigenvalue weighted by Gasteiger charge is -2.36. The van der Waals surface area contributed by atoms with Gasteiger partial charge in [-0.05, 0) is 39.2 Å². The van der Waals surface area contributed by atoms with E-state index >= 15 is 0 Å². The first-order valence-electron chi connectivity index (χ1n) is 9.82. The smallest absolute Gasteiger partial charge is 0.183 e. The van der Waals surface area contributed by atoms with E-state index < -0.39 is 5.54 Å². The summed E-state index contributed by atoms with van der Waals surface area (Å²) in [5.74, 6) is 0.684. The molecule has 4 nitrogen and oxygen atoms in total. The van der Waals surface area contributed by atoms with Gasteiger partial charge in [0.1, 0.15) is 5.54 Å². The summed E-state index contributed by atoms with van der Waals surface area (Å²) in [5.41, 5.74) is 3.41. The number of tetrazole rings is 1. The van der Waals surface area contributed by atoms with Crippen molar-refractivity contribution in [2.24, 2.45) is 0 Å². The van der Waals surface area contributed by atoms with Crippen molar-refractivity contribution in [3.05, 3.63) is 138 Å². The molecule has 0 bridgehead atoms. The van der Waals surface area contributed by atoms with Crippen molar-refractivity contribution in [1.29, 1.82) is 0 Å². The molecule has 1 radical (unpaired) electrons. The van der Waals surface area contributed by atoms with Crippen LogP contribution in [-0.2, 0) is 5.54 Å². The summed E-state index contributed by atoms with van der Waals surface area (Å²) in [6.45, 7) is 0. The van der Waals surface area contributed by atoms with Gasteiger partial charge in [0, 0.05) is 5.56 Å². The van der Waals surface area contributed by atoms with E-state index in [1.54, 1.807) is 0 Å². The first kappa shape index (κ1) is 18.0. The third kappa shape index (κ3) is 2.90. The molecule has 0 fully saturated rings. The van der Waals surface area contributed by atoms with Gasteiger partial charge in [-0.1, -0.05) is 109 Å². The highest BCUT2D eigenvalue weighted by Crippen LogP contribution is 2.41. The molecule has 0 N–H and O–H groups in total. The van der Waals surface area contributed by atoms with Gasteiger partial charge in [0.15, 0.2) is 5.82 Å². The average molecular weight is 387 g/mol. The van der Waals surface area contributed by atoms with E-state index in [-0.39, 0.29) is 0 Å². The van der Waals surface area contributed by atoms with Crippen molar-refractivity contribution < 1.29 is 0 Å². The van der Waals surface area contributed by atoms with Crippen molar-refractivity contribution in [1.82, 2.24) is 20.2 Å². The Morgan fingerprint density at radius 2 is 1.17 bits per heavy atom. The molecule has 143 valence electrons. The van der Waals surface area contributed by atoms with E-state index in [0.29, 0.717) is 5.82 Å². The van der Waals surface area contributed by atoms with Crippen LogP contribution in [0.3, 0.4) is 0 Å². The van der Waals surface area contributed by atoms with E-state index in [1.807, 2.05) is 47.1 Å². The van der Waals surface area contributed by atoms with Crippen LogP contribution in [0.4, 0.5) is 0 Å². The van der Waals surface area contributed by atoms with Gasteiger partial charge in [-0.25, -0.2) is 4.68 Å². The van der Waals surface area contributed by atoms with Crippen LogP contribution < -0.4 is 0 Å². The Bertz CT molecular complexity index is 1120. The van der Waals surface area contributed by atoms with Crippen molar-refractivity contribution in [3.63, 3.8) is 0 Å². The Morgan fingerprint density at radius 3 is 1.63 bits per heavy atom. The second kappa shape index (κ2) is 7.76. The normalized spacial score (nSPS) is 11.3. The fraction of sp³-hybridized carbons (Fsp3) is 0.0385. The molecule has 4 heteroatoms. The molecule has 1 aromatic heterocycles. The van der Waals surface area contributed by atoms with E-state index in [2.05, 4.69) is 94.4 Å². The molecule has 30 heavy (non-hydrogen) atoms. The molecule has 0 aliphatic heterocycles. The Labute approximate surface area is 175 Å². The van der Waals surface area contributed by atoms with Crippen molar-refractivity contribution in [3.8, 4) is 11.4 Å². The van der Waals surface area contributed by atoms with Crippen LogP contribution in [0.1, 0.15) is 16.7 Å². The fourth-order valence-corrected chi connectivity index (χ4v) is 4.03. The van der Waals surface area contributed by atoms with Gasteiger partial charge >= 0.3 is 0 Å². The van der Waals surface area contributed by atoms with Crippen LogP contribution in [0, 0.1) is 6.07 Å². The summed E-state index contributed by atoms with van der Waals surface area (Å²) in [5, 5.41) is 13.0. The van der Waals surface area contributed by atoms with Gasteiger partial charge in [0.2, 0.25) is 0 Å². The molecule has 0 aliphatic rings. The van der Waals surface area contributed by atoms with Crippen LogP contribution in [-0.4, -0.2) is 20.2 Å². The lowest BCUT2D eigenvalue weighted by Crippen LogP contribution is -2.39. The number of hydrogen-bond acceptors (Lipinski definition) is 3. The van der Waals surface area contributed by atoms with Gasteiger partial charge in [-0.3, -0.25) is 0 Å². The Hall–Kier alpha value is -4.05. The minimum absolute atomic E-state index is 0.684. The van der Waals surface area contributed by atoms with Crippen LogP contribution >= 0.6 is 0 Å². The maximum Gasteiger partial charge on any atom is 0.183 e. The summed E-state index contributed by atoms with van der Waals surface area (Å²) in [7, 11) is 0. The zero-order valence-corrected chi connectivity index (χ0v) is 16.3. The molecule has 0 saturated heterocycles. The third-order valence-electron chi connectivity index (χ3n) is 5.33. The van der Waals surface area contributed by atoms with Gasteiger partial charge in [-0.15, -0.1) is 5.10 Å². The minimum Gasteiger partial charge on any atom is -0.206 e. The van der Waals surface area contributed by atoms with Gasteiger partial charge in [0.05, 0.1) is 0 Å². The highest BCUT2D eigenvalue weighted by Gasteiger charge is 2.41. The van der Waals surface area contributed by atoms with Crippen molar-refractivity contribution in [2.75, 3.05) is 0 Å². The molecule has 0 spiro atoms.